The van der Waals surface area contributed by atoms with Gasteiger partial charge in [-0.2, -0.15) is 4.98 Å². The number of nitrogens with zero attached hydrogens (tertiary/aromatic N) is 6. The van der Waals surface area contributed by atoms with Crippen molar-refractivity contribution in [2.45, 2.75) is 45.1 Å². The summed E-state index contributed by atoms with van der Waals surface area (Å²) < 4.78 is 60.3. The Morgan fingerprint density at radius 3 is 2.35 bits per heavy atom. The minimum absolute atomic E-state index is 0.0490. The minimum atomic E-state index is -3.73. The topological polar surface area (TPSA) is 125 Å². The zero-order valence-electron chi connectivity index (χ0n) is 29.8. The van der Waals surface area contributed by atoms with Crippen LogP contribution < -0.4 is 34.0 Å². The average Bonchev–Trinajstić information content (AvgIpc) is 3.10. The van der Waals surface area contributed by atoms with Crippen LogP contribution in [0.1, 0.15) is 39.0 Å². The van der Waals surface area contributed by atoms with Gasteiger partial charge in [0.1, 0.15) is 16.5 Å². The summed E-state index contributed by atoms with van der Waals surface area (Å²) in [4.78, 5) is 16.4. The first-order valence-electron chi connectivity index (χ1n) is 17.6. The minimum Gasteiger partial charge on any atom is -0.494 e. The molecule has 0 atom stereocenters. The average molecular weight is 747 g/mol. The Labute approximate surface area is 305 Å². The Morgan fingerprint density at radius 2 is 1.69 bits per heavy atom. The van der Waals surface area contributed by atoms with Crippen molar-refractivity contribution in [2.24, 2.45) is 0 Å². The number of rotatable bonds is 6. The van der Waals surface area contributed by atoms with Gasteiger partial charge in [0.25, 0.3) is 0 Å². The number of ether oxygens (including phenoxy) is 3. The first-order chi connectivity index (χ1) is 24.5. The molecule has 2 N–H and O–H groups in total. The highest BCUT2D eigenvalue weighted by Gasteiger charge is 2.29. The lowest BCUT2D eigenvalue weighted by molar-refractivity contribution is 0.0981. The van der Waals surface area contributed by atoms with Crippen LogP contribution >= 0.6 is 11.6 Å². The van der Waals surface area contributed by atoms with E-state index in [1.54, 1.807) is 14.0 Å². The molecule has 51 heavy (non-hydrogen) atoms. The first kappa shape index (κ1) is 37.0. The smallest absolute Gasteiger partial charge is 0.232 e. The van der Waals surface area contributed by atoms with Crippen molar-refractivity contribution in [3.63, 3.8) is 0 Å². The summed E-state index contributed by atoms with van der Waals surface area (Å²) in [7, 11) is 0.0767. The highest BCUT2D eigenvalue weighted by atomic mass is 35.5. The summed E-state index contributed by atoms with van der Waals surface area (Å²) >= 11 is 6.53. The van der Waals surface area contributed by atoms with Crippen molar-refractivity contribution in [3.05, 3.63) is 41.3 Å². The summed E-state index contributed by atoms with van der Waals surface area (Å²) in [5.41, 5.74) is 1.90. The van der Waals surface area contributed by atoms with Gasteiger partial charge in [0.2, 0.25) is 16.0 Å². The summed E-state index contributed by atoms with van der Waals surface area (Å²) in [6, 6.07) is 7.07. The summed E-state index contributed by atoms with van der Waals surface area (Å²) in [5, 5.41) is 6.43. The van der Waals surface area contributed by atoms with Crippen LogP contribution in [0.5, 0.6) is 17.2 Å². The molecule has 278 valence electrons. The molecule has 0 amide bonds. The second-order valence-electron chi connectivity index (χ2n) is 13.2. The number of likely N-dealkylation sites (N-methyl/N-ethyl adjacent to an activating group) is 1. The Kier molecular flexibility index (Phi) is 11.8. The maximum Gasteiger partial charge on any atom is 0.232 e. The summed E-state index contributed by atoms with van der Waals surface area (Å²) in [5.74, 6) is 0.927. The fraction of sp³-hybridized carbons (Fsp3) is 0.543. The third kappa shape index (κ3) is 8.82. The standard InChI is InChI=1S/C35H48ClFN8O5S/c1-5-45(51(4,46)47)29-21-31-26(37)19-27(29)39-34-25(36)23-38-35(41-34)40-28-20-33(50-18-8-6-7-17-49-31)30(22-32(28)48-3)44-11-9-24(10-12-44)43-15-13-42(2)14-16-43/h19-24H,5-18H2,1-4H3,(H2,38,39,40,41). The number of anilines is 6. The number of methoxy groups -OCH3 is 1. The molecule has 1 aromatic heterocycles. The molecule has 7 rings (SSSR count). The lowest BCUT2D eigenvalue weighted by atomic mass is 10.0. The number of fused-ring (bicyclic) bond motifs is 8. The van der Waals surface area contributed by atoms with Gasteiger partial charge >= 0.3 is 0 Å². The molecule has 2 fully saturated rings. The van der Waals surface area contributed by atoms with Crippen molar-refractivity contribution < 1.29 is 27.0 Å². The van der Waals surface area contributed by atoms with E-state index in [0.717, 1.165) is 82.6 Å². The number of piperidine rings is 1. The van der Waals surface area contributed by atoms with E-state index in [-0.39, 0.29) is 47.1 Å². The molecule has 0 saturated carbocycles. The number of halogens is 2. The molecule has 6 bridgehead atoms. The van der Waals surface area contributed by atoms with Crippen LogP contribution in [-0.4, -0.2) is 114 Å². The number of benzene rings is 2. The fourth-order valence-electron chi connectivity index (χ4n) is 6.89. The van der Waals surface area contributed by atoms with Crippen molar-refractivity contribution >= 4 is 56.1 Å². The highest BCUT2D eigenvalue weighted by Crippen LogP contribution is 2.42. The molecular formula is C35H48ClFN8O5S. The van der Waals surface area contributed by atoms with Crippen molar-refractivity contribution in [2.75, 3.05) is 99.3 Å². The van der Waals surface area contributed by atoms with E-state index in [1.165, 1.54) is 22.6 Å². The van der Waals surface area contributed by atoms with Crippen molar-refractivity contribution in [1.82, 2.24) is 19.8 Å². The zero-order chi connectivity index (χ0) is 36.1. The fourth-order valence-corrected chi connectivity index (χ4v) is 8.00. The van der Waals surface area contributed by atoms with E-state index < -0.39 is 15.8 Å². The van der Waals surface area contributed by atoms with Crippen molar-refractivity contribution in [1.29, 1.82) is 0 Å². The summed E-state index contributed by atoms with van der Waals surface area (Å²) in [6.45, 7) is 8.76. The third-order valence-corrected chi connectivity index (χ3v) is 11.2. The SMILES string of the molecule is CCN(c1cc2c(F)cc1Nc1nc(ncc1Cl)Nc1cc(c(N3CCC(N4CCN(C)CC4)CC3)cc1OC)OCCCCCO2)S(C)(=O)=O. The van der Waals surface area contributed by atoms with Crippen LogP contribution in [0.25, 0.3) is 0 Å². The molecule has 4 aliphatic rings. The van der Waals surface area contributed by atoms with E-state index in [9.17, 15) is 8.42 Å². The third-order valence-electron chi connectivity index (χ3n) is 9.69. The molecule has 13 nitrogen and oxygen atoms in total. The molecule has 0 unspecified atom stereocenters. The molecule has 5 heterocycles. The number of nitrogens with one attached hydrogen (secondary N) is 2. The quantitative estimate of drug-likeness (QED) is 0.321. The first-order valence-corrected chi connectivity index (χ1v) is 19.8. The van der Waals surface area contributed by atoms with Crippen LogP contribution in [-0.2, 0) is 10.0 Å². The zero-order valence-corrected chi connectivity index (χ0v) is 31.3. The Balaban J connectivity index is 1.32. The van der Waals surface area contributed by atoms with E-state index in [0.29, 0.717) is 30.5 Å². The molecule has 2 aromatic carbocycles. The second-order valence-corrected chi connectivity index (χ2v) is 15.5. The number of piperazine rings is 1. The van der Waals surface area contributed by atoms with Crippen LogP contribution in [0.15, 0.2) is 30.5 Å². The van der Waals surface area contributed by atoms with Gasteiger partial charge in [-0.25, -0.2) is 17.8 Å². The van der Waals surface area contributed by atoms with Gasteiger partial charge in [0.15, 0.2) is 17.4 Å². The largest absolute Gasteiger partial charge is 0.494 e. The molecule has 0 spiro atoms. The van der Waals surface area contributed by atoms with Crippen LogP contribution in [0.2, 0.25) is 5.02 Å². The van der Waals surface area contributed by atoms with Gasteiger partial charge in [0.05, 0.1) is 55.5 Å². The molecule has 4 aliphatic heterocycles. The number of hydrogen-bond acceptors (Lipinski definition) is 12. The molecule has 3 aromatic rings. The molecule has 2 saturated heterocycles. The lowest BCUT2D eigenvalue weighted by Gasteiger charge is -2.42. The van der Waals surface area contributed by atoms with Gasteiger partial charge in [-0.05, 0) is 46.1 Å². The van der Waals surface area contributed by atoms with E-state index in [4.69, 9.17) is 25.8 Å². The molecule has 16 heteroatoms. The molecule has 0 aliphatic carbocycles. The predicted octanol–water partition coefficient (Wildman–Crippen LogP) is 5.71. The van der Waals surface area contributed by atoms with E-state index >= 15 is 4.39 Å². The lowest BCUT2D eigenvalue weighted by Crippen LogP contribution is -2.52. The van der Waals surface area contributed by atoms with Gasteiger partial charge < -0.3 is 34.6 Å². The molecule has 0 radical (unpaired) electrons. The Hall–Kier alpha value is -3.79. The molecular weight excluding hydrogens is 699 g/mol. The maximum absolute atomic E-state index is 15.4. The number of hydrogen-bond donors (Lipinski definition) is 2. The highest BCUT2D eigenvalue weighted by molar-refractivity contribution is 7.92. The van der Waals surface area contributed by atoms with E-state index in [1.807, 2.05) is 12.1 Å². The van der Waals surface area contributed by atoms with Gasteiger partial charge in [-0.1, -0.05) is 11.6 Å². The monoisotopic (exact) mass is 746 g/mol. The number of aromatic nitrogens is 2. The summed E-state index contributed by atoms with van der Waals surface area (Å²) in [6.07, 6.45) is 6.84. The van der Waals surface area contributed by atoms with Gasteiger partial charge in [0, 0.05) is 76.1 Å². The van der Waals surface area contributed by atoms with Crippen LogP contribution in [0.3, 0.4) is 0 Å². The normalized spacial score (nSPS) is 18.4. The van der Waals surface area contributed by atoms with Crippen molar-refractivity contribution in [3.8, 4) is 17.2 Å². The van der Waals surface area contributed by atoms with Crippen LogP contribution in [0, 0.1) is 5.82 Å². The second kappa shape index (κ2) is 16.3. The maximum atomic E-state index is 15.4. The van der Waals surface area contributed by atoms with Gasteiger partial charge in [-0.15, -0.1) is 0 Å². The van der Waals surface area contributed by atoms with Crippen LogP contribution in [0.4, 0.5) is 38.9 Å². The van der Waals surface area contributed by atoms with E-state index in [2.05, 4.69) is 42.3 Å². The number of sulfonamides is 1. The Bertz CT molecular complexity index is 1790. The Morgan fingerprint density at radius 1 is 0.980 bits per heavy atom. The predicted molar refractivity (Wildman–Crippen MR) is 200 cm³/mol. The van der Waals surface area contributed by atoms with Gasteiger partial charge in [-0.3, -0.25) is 9.21 Å².